The predicted octanol–water partition coefficient (Wildman–Crippen LogP) is 2.58. The normalized spacial score (nSPS) is 14.3. The van der Waals surface area contributed by atoms with Gasteiger partial charge in [0.25, 0.3) is 5.91 Å². The second kappa shape index (κ2) is 9.53. The molecule has 1 aliphatic rings. The third kappa shape index (κ3) is 5.33. The Balaban J connectivity index is 1.83. The van der Waals surface area contributed by atoms with Crippen LogP contribution in [0.25, 0.3) is 17.3 Å². The van der Waals surface area contributed by atoms with Gasteiger partial charge in [0.05, 0.1) is 24.7 Å². The number of nitrogens with zero attached hydrogens (tertiary/aromatic N) is 4. The van der Waals surface area contributed by atoms with E-state index < -0.39 is 12.1 Å². The third-order valence-corrected chi connectivity index (χ3v) is 4.51. The molecular formula is C22H21N5O3. The summed E-state index contributed by atoms with van der Waals surface area (Å²) in [5.74, 6) is -1.25. The molecular weight excluding hydrogens is 382 g/mol. The van der Waals surface area contributed by atoms with Crippen molar-refractivity contribution >= 4 is 18.0 Å². The number of hydrogen-bond donors (Lipinski definition) is 1. The molecule has 1 aliphatic carbocycles. The minimum absolute atomic E-state index is 0.150. The summed E-state index contributed by atoms with van der Waals surface area (Å²) in [6, 6.07) is 13.4. The highest BCUT2D eigenvalue weighted by molar-refractivity contribution is 6.00. The number of nitriles is 2. The number of aromatic nitrogens is 2. The standard InChI is InChI=1S/C22H21N5O3/c1-15(21(28)25-19-8-9-19)30-22(29)17(13-24)12-18-14-27(11-5-10-23)26-20(18)16-6-3-2-4-7-16/h2-4,6-7,12,14-15,19H,5,8-9,11H2,1H3,(H,25,28)/b17-12+/t15-/m0/s1. The first kappa shape index (κ1) is 20.8. The maximum absolute atomic E-state index is 12.5. The smallest absolute Gasteiger partial charge is 0.349 e. The minimum atomic E-state index is -0.998. The topological polar surface area (TPSA) is 121 Å². The van der Waals surface area contributed by atoms with Crippen molar-refractivity contribution in [3.63, 3.8) is 0 Å². The Morgan fingerprint density at radius 2 is 2.07 bits per heavy atom. The number of benzene rings is 1. The number of hydrogen-bond acceptors (Lipinski definition) is 6. The van der Waals surface area contributed by atoms with E-state index in [4.69, 9.17) is 10.00 Å². The molecule has 30 heavy (non-hydrogen) atoms. The van der Waals surface area contributed by atoms with E-state index >= 15 is 0 Å². The molecule has 1 amide bonds. The molecule has 1 heterocycles. The molecule has 3 rings (SSSR count). The summed E-state index contributed by atoms with van der Waals surface area (Å²) in [6.45, 7) is 1.86. The second-order valence-corrected chi connectivity index (χ2v) is 6.97. The monoisotopic (exact) mass is 403 g/mol. The van der Waals surface area contributed by atoms with Gasteiger partial charge < -0.3 is 10.1 Å². The Labute approximate surface area is 174 Å². The van der Waals surface area contributed by atoms with Gasteiger partial charge in [-0.3, -0.25) is 9.48 Å². The van der Waals surface area contributed by atoms with Gasteiger partial charge in [0.1, 0.15) is 11.6 Å². The van der Waals surface area contributed by atoms with Gasteiger partial charge in [-0.05, 0) is 25.8 Å². The first-order valence-corrected chi connectivity index (χ1v) is 9.64. The van der Waals surface area contributed by atoms with E-state index in [2.05, 4.69) is 16.5 Å². The third-order valence-electron chi connectivity index (χ3n) is 4.51. The lowest BCUT2D eigenvalue weighted by molar-refractivity contribution is -0.150. The van der Waals surface area contributed by atoms with E-state index in [9.17, 15) is 14.9 Å². The summed E-state index contributed by atoms with van der Waals surface area (Å²) in [4.78, 5) is 24.5. The number of carbonyl (C=O) groups is 2. The first-order valence-electron chi connectivity index (χ1n) is 9.64. The fraction of sp³-hybridized carbons (Fsp3) is 0.318. The molecule has 0 unspecified atom stereocenters. The van der Waals surface area contributed by atoms with Gasteiger partial charge in [-0.25, -0.2) is 4.79 Å². The van der Waals surface area contributed by atoms with Crippen LogP contribution in [0.2, 0.25) is 0 Å². The summed E-state index contributed by atoms with van der Waals surface area (Å²) in [6.07, 6.45) is 4.20. The fourth-order valence-electron chi connectivity index (χ4n) is 2.76. The SMILES string of the molecule is C[C@H](OC(=O)/C(C#N)=C/c1cn(CCC#N)nc1-c1ccccc1)C(=O)NC1CC1. The Morgan fingerprint density at radius 1 is 1.33 bits per heavy atom. The van der Waals surface area contributed by atoms with Gasteiger partial charge in [0.15, 0.2) is 6.10 Å². The highest BCUT2D eigenvalue weighted by Crippen LogP contribution is 2.24. The zero-order chi connectivity index (χ0) is 21.5. The van der Waals surface area contributed by atoms with Crippen molar-refractivity contribution in [1.29, 1.82) is 10.5 Å². The van der Waals surface area contributed by atoms with E-state index in [1.165, 1.54) is 13.0 Å². The number of esters is 1. The molecule has 1 aromatic carbocycles. The molecule has 1 aromatic heterocycles. The van der Waals surface area contributed by atoms with Gasteiger partial charge in [-0.2, -0.15) is 15.6 Å². The van der Waals surface area contributed by atoms with Crippen LogP contribution < -0.4 is 5.32 Å². The molecule has 8 nitrogen and oxygen atoms in total. The maximum atomic E-state index is 12.5. The molecule has 2 aromatic rings. The number of ether oxygens (including phenoxy) is 1. The highest BCUT2D eigenvalue weighted by Gasteiger charge is 2.28. The summed E-state index contributed by atoms with van der Waals surface area (Å²) in [5, 5.41) is 25.6. The number of nitrogens with one attached hydrogen (secondary N) is 1. The average molecular weight is 403 g/mol. The van der Waals surface area contributed by atoms with Crippen molar-refractivity contribution in [3.8, 4) is 23.4 Å². The number of rotatable bonds is 8. The Morgan fingerprint density at radius 3 is 2.70 bits per heavy atom. The van der Waals surface area contributed by atoms with Gasteiger partial charge in [0.2, 0.25) is 0 Å². The van der Waals surface area contributed by atoms with Gasteiger partial charge in [0, 0.05) is 23.4 Å². The van der Waals surface area contributed by atoms with Crippen LogP contribution in [-0.2, 0) is 20.9 Å². The lowest BCUT2D eigenvalue weighted by Crippen LogP contribution is -2.37. The van der Waals surface area contributed by atoms with Crippen LogP contribution in [0.5, 0.6) is 0 Å². The summed E-state index contributed by atoms with van der Waals surface area (Å²) in [7, 11) is 0. The van der Waals surface area contributed by atoms with Crippen molar-refractivity contribution in [2.45, 2.75) is 44.9 Å². The molecule has 1 N–H and O–H groups in total. The lowest BCUT2D eigenvalue weighted by Gasteiger charge is -2.12. The molecule has 152 valence electrons. The van der Waals surface area contributed by atoms with Crippen molar-refractivity contribution < 1.29 is 14.3 Å². The van der Waals surface area contributed by atoms with E-state index in [1.807, 2.05) is 36.4 Å². The van der Waals surface area contributed by atoms with Crippen LogP contribution >= 0.6 is 0 Å². The molecule has 0 saturated heterocycles. The van der Waals surface area contributed by atoms with Crippen molar-refractivity contribution in [1.82, 2.24) is 15.1 Å². The van der Waals surface area contributed by atoms with Crippen LogP contribution in [0.3, 0.4) is 0 Å². The first-order chi connectivity index (χ1) is 14.5. The number of carbonyl (C=O) groups excluding carboxylic acids is 2. The highest BCUT2D eigenvalue weighted by atomic mass is 16.5. The van der Waals surface area contributed by atoms with Crippen LogP contribution in [0.4, 0.5) is 0 Å². The number of aryl methyl sites for hydroxylation is 1. The van der Waals surface area contributed by atoms with E-state index in [1.54, 1.807) is 10.9 Å². The molecule has 1 saturated carbocycles. The van der Waals surface area contributed by atoms with Crippen LogP contribution in [0, 0.1) is 22.7 Å². The maximum Gasteiger partial charge on any atom is 0.349 e. The Bertz CT molecular complexity index is 1040. The van der Waals surface area contributed by atoms with Crippen molar-refractivity contribution in [2.24, 2.45) is 0 Å². The molecule has 1 fully saturated rings. The predicted molar refractivity (Wildman–Crippen MR) is 108 cm³/mol. The second-order valence-electron chi connectivity index (χ2n) is 6.97. The van der Waals surface area contributed by atoms with Crippen LogP contribution in [0.15, 0.2) is 42.1 Å². The van der Waals surface area contributed by atoms with E-state index in [0.29, 0.717) is 17.8 Å². The Hall–Kier alpha value is -3.91. The van der Waals surface area contributed by atoms with Gasteiger partial charge >= 0.3 is 5.97 Å². The molecule has 0 aliphatic heterocycles. The molecule has 1 atom stereocenters. The fourth-order valence-corrected chi connectivity index (χ4v) is 2.76. The summed E-state index contributed by atoms with van der Waals surface area (Å²) < 4.78 is 6.77. The zero-order valence-corrected chi connectivity index (χ0v) is 16.5. The largest absolute Gasteiger partial charge is 0.448 e. The van der Waals surface area contributed by atoms with Crippen molar-refractivity contribution in [2.75, 3.05) is 0 Å². The van der Waals surface area contributed by atoms with Gasteiger partial charge in [-0.15, -0.1) is 0 Å². The average Bonchev–Trinajstić information content (AvgIpc) is 3.48. The zero-order valence-electron chi connectivity index (χ0n) is 16.5. The van der Waals surface area contributed by atoms with Crippen molar-refractivity contribution in [3.05, 3.63) is 47.7 Å². The van der Waals surface area contributed by atoms with Crippen LogP contribution in [0.1, 0.15) is 31.7 Å². The lowest BCUT2D eigenvalue weighted by atomic mass is 10.1. The van der Waals surface area contributed by atoms with E-state index in [-0.39, 0.29) is 23.9 Å². The molecule has 0 radical (unpaired) electrons. The minimum Gasteiger partial charge on any atom is -0.448 e. The molecule has 8 heteroatoms. The van der Waals surface area contributed by atoms with Gasteiger partial charge in [-0.1, -0.05) is 30.3 Å². The Kier molecular flexibility index (Phi) is 6.61. The quantitative estimate of drug-likeness (QED) is 0.411. The van der Waals surface area contributed by atoms with Crippen LogP contribution in [-0.4, -0.2) is 33.8 Å². The molecule has 0 bridgehead atoms. The number of amides is 1. The molecule has 0 spiro atoms. The van der Waals surface area contributed by atoms with E-state index in [0.717, 1.165) is 18.4 Å². The summed E-state index contributed by atoms with van der Waals surface area (Å²) in [5.41, 5.74) is 1.69. The summed E-state index contributed by atoms with van der Waals surface area (Å²) >= 11 is 0.